The molecule has 0 unspecified atom stereocenters. The molecule has 1 fully saturated rings. The summed E-state index contributed by atoms with van der Waals surface area (Å²) < 4.78 is 10.7. The Morgan fingerprint density at radius 1 is 1.24 bits per heavy atom. The van der Waals surface area contributed by atoms with E-state index in [0.717, 1.165) is 44.6 Å². The lowest BCUT2D eigenvalue weighted by Gasteiger charge is -2.36. The van der Waals surface area contributed by atoms with E-state index in [1.165, 1.54) is 0 Å². The van der Waals surface area contributed by atoms with Crippen LogP contribution in [0.1, 0.15) is 31.4 Å². The Morgan fingerprint density at radius 3 is 2.52 bits per heavy atom. The van der Waals surface area contributed by atoms with Gasteiger partial charge in [0.15, 0.2) is 0 Å². The molecule has 5 heteroatoms. The Balaban J connectivity index is 2.38. The summed E-state index contributed by atoms with van der Waals surface area (Å²) in [4.78, 5) is 2.42. The van der Waals surface area contributed by atoms with Gasteiger partial charge in [0, 0.05) is 44.4 Å². The smallest absolute Gasteiger partial charge is 0.131 e. The molecule has 0 aliphatic carbocycles. The summed E-state index contributed by atoms with van der Waals surface area (Å²) in [6, 6.07) is 3.70. The first-order valence-corrected chi connectivity index (χ1v) is 7.60. The van der Waals surface area contributed by atoms with Crippen LogP contribution >= 0.6 is 0 Å². The van der Waals surface area contributed by atoms with Crippen molar-refractivity contribution in [3.05, 3.63) is 17.7 Å². The highest BCUT2D eigenvalue weighted by atomic mass is 16.5. The summed E-state index contributed by atoms with van der Waals surface area (Å²) in [5.74, 6) is 1.57. The molecule has 0 radical (unpaired) electrons. The van der Waals surface area contributed by atoms with Gasteiger partial charge < -0.3 is 19.9 Å². The molecule has 5 nitrogen and oxygen atoms in total. The van der Waals surface area contributed by atoms with Crippen LogP contribution < -0.4 is 14.8 Å². The number of phenols is 1. The van der Waals surface area contributed by atoms with Gasteiger partial charge in [0.05, 0.1) is 19.8 Å². The largest absolute Gasteiger partial charge is 0.507 e. The average Bonchev–Trinajstić information content (AvgIpc) is 2.53. The van der Waals surface area contributed by atoms with Crippen LogP contribution in [0, 0.1) is 0 Å². The molecule has 0 bridgehead atoms. The Labute approximate surface area is 126 Å². The molecule has 0 aromatic heterocycles. The number of hydrogen-bond acceptors (Lipinski definition) is 5. The number of nitrogens with zero attached hydrogens (tertiary/aromatic N) is 1. The second-order valence-corrected chi connectivity index (χ2v) is 5.35. The predicted octanol–water partition coefficient (Wildman–Crippen LogP) is 2.16. The van der Waals surface area contributed by atoms with Crippen molar-refractivity contribution >= 4 is 0 Å². The van der Waals surface area contributed by atoms with Gasteiger partial charge in [-0.05, 0) is 6.42 Å². The Morgan fingerprint density at radius 2 is 1.95 bits per heavy atom. The number of benzene rings is 1. The standard InChI is InChI=1S/C16H26N2O3/c1-4-5-13(18-8-6-17-7-9-18)16-14(19)10-12(20-2)11-15(16)21-3/h10-11,13,17,19H,4-9H2,1-3H3/t13-/m0/s1. The third-order valence-electron chi connectivity index (χ3n) is 4.04. The van der Waals surface area contributed by atoms with Gasteiger partial charge in [0.1, 0.15) is 17.2 Å². The number of nitrogens with one attached hydrogen (secondary N) is 1. The van der Waals surface area contributed by atoms with Crippen molar-refractivity contribution in [2.45, 2.75) is 25.8 Å². The van der Waals surface area contributed by atoms with Crippen molar-refractivity contribution in [3.63, 3.8) is 0 Å². The van der Waals surface area contributed by atoms with Gasteiger partial charge in [0.25, 0.3) is 0 Å². The molecule has 1 heterocycles. The first-order chi connectivity index (χ1) is 10.2. The van der Waals surface area contributed by atoms with Gasteiger partial charge in [-0.15, -0.1) is 0 Å². The van der Waals surface area contributed by atoms with Crippen LogP contribution in [0.2, 0.25) is 0 Å². The van der Waals surface area contributed by atoms with Crippen molar-refractivity contribution in [2.75, 3.05) is 40.4 Å². The van der Waals surface area contributed by atoms with Gasteiger partial charge in [-0.3, -0.25) is 4.90 Å². The zero-order valence-electron chi connectivity index (χ0n) is 13.2. The van der Waals surface area contributed by atoms with Crippen LogP contribution in [-0.2, 0) is 0 Å². The van der Waals surface area contributed by atoms with E-state index in [4.69, 9.17) is 9.47 Å². The SMILES string of the molecule is CCC[C@@H](c1c(O)cc(OC)cc1OC)N1CCNCC1. The molecule has 0 spiro atoms. The van der Waals surface area contributed by atoms with Crippen LogP contribution in [0.5, 0.6) is 17.2 Å². The van der Waals surface area contributed by atoms with E-state index in [1.807, 2.05) is 6.07 Å². The van der Waals surface area contributed by atoms with Gasteiger partial charge in [-0.2, -0.15) is 0 Å². The molecule has 0 amide bonds. The topological polar surface area (TPSA) is 54.0 Å². The zero-order valence-corrected chi connectivity index (χ0v) is 13.2. The lowest BCUT2D eigenvalue weighted by molar-refractivity contribution is 0.159. The quantitative estimate of drug-likeness (QED) is 0.842. The highest BCUT2D eigenvalue weighted by Gasteiger charge is 2.27. The second-order valence-electron chi connectivity index (χ2n) is 5.35. The maximum absolute atomic E-state index is 10.5. The number of rotatable bonds is 6. The lowest BCUT2D eigenvalue weighted by Crippen LogP contribution is -2.45. The molecular formula is C16H26N2O3. The van der Waals surface area contributed by atoms with Crippen LogP contribution in [0.3, 0.4) is 0 Å². The molecule has 1 atom stereocenters. The van der Waals surface area contributed by atoms with Gasteiger partial charge in [-0.1, -0.05) is 13.3 Å². The summed E-state index contributed by atoms with van der Waals surface area (Å²) in [5, 5.41) is 13.8. The van der Waals surface area contributed by atoms with Crippen LogP contribution in [0.15, 0.2) is 12.1 Å². The third-order valence-corrected chi connectivity index (χ3v) is 4.04. The average molecular weight is 294 g/mol. The first-order valence-electron chi connectivity index (χ1n) is 7.60. The van der Waals surface area contributed by atoms with Crippen molar-refractivity contribution in [1.29, 1.82) is 0 Å². The summed E-state index contributed by atoms with van der Waals surface area (Å²) in [6.07, 6.45) is 2.06. The molecule has 1 aliphatic rings. The van der Waals surface area contributed by atoms with E-state index in [-0.39, 0.29) is 11.8 Å². The highest BCUT2D eigenvalue weighted by molar-refractivity contribution is 5.51. The molecule has 1 aromatic rings. The van der Waals surface area contributed by atoms with Crippen LogP contribution in [0.25, 0.3) is 0 Å². The molecule has 2 N–H and O–H groups in total. The normalized spacial score (nSPS) is 17.5. The number of phenolic OH excluding ortho intramolecular Hbond substituents is 1. The summed E-state index contributed by atoms with van der Waals surface area (Å²) in [6.45, 7) is 6.11. The Kier molecular flexibility index (Phi) is 5.70. The van der Waals surface area contributed by atoms with Crippen LogP contribution in [-0.4, -0.2) is 50.4 Å². The molecule has 1 saturated heterocycles. The number of aromatic hydroxyl groups is 1. The minimum atomic E-state index is 0.179. The van der Waals surface area contributed by atoms with E-state index in [0.29, 0.717) is 11.5 Å². The van der Waals surface area contributed by atoms with E-state index in [1.54, 1.807) is 20.3 Å². The van der Waals surface area contributed by atoms with Gasteiger partial charge in [-0.25, -0.2) is 0 Å². The maximum atomic E-state index is 10.5. The van der Waals surface area contributed by atoms with Crippen molar-refractivity contribution in [3.8, 4) is 17.2 Å². The Bertz CT molecular complexity index is 459. The van der Waals surface area contributed by atoms with Crippen LogP contribution in [0.4, 0.5) is 0 Å². The van der Waals surface area contributed by atoms with Gasteiger partial charge in [0.2, 0.25) is 0 Å². The molecule has 118 valence electrons. The predicted molar refractivity (Wildman–Crippen MR) is 83.3 cm³/mol. The molecule has 21 heavy (non-hydrogen) atoms. The first kappa shape index (κ1) is 15.9. The van der Waals surface area contributed by atoms with Gasteiger partial charge >= 0.3 is 0 Å². The minimum absolute atomic E-state index is 0.179. The fourth-order valence-corrected chi connectivity index (χ4v) is 2.99. The van der Waals surface area contributed by atoms with Crippen molar-refractivity contribution < 1.29 is 14.6 Å². The zero-order chi connectivity index (χ0) is 15.2. The fraction of sp³-hybridized carbons (Fsp3) is 0.625. The summed E-state index contributed by atoms with van der Waals surface area (Å²) in [5.41, 5.74) is 0.877. The fourth-order valence-electron chi connectivity index (χ4n) is 2.99. The van der Waals surface area contributed by atoms with Crippen molar-refractivity contribution in [2.24, 2.45) is 0 Å². The molecule has 0 saturated carbocycles. The van der Waals surface area contributed by atoms with E-state index < -0.39 is 0 Å². The number of hydrogen-bond donors (Lipinski definition) is 2. The monoisotopic (exact) mass is 294 g/mol. The molecule has 1 aromatic carbocycles. The minimum Gasteiger partial charge on any atom is -0.507 e. The molecular weight excluding hydrogens is 268 g/mol. The van der Waals surface area contributed by atoms with E-state index >= 15 is 0 Å². The van der Waals surface area contributed by atoms with E-state index in [2.05, 4.69) is 17.1 Å². The van der Waals surface area contributed by atoms with Crippen molar-refractivity contribution in [1.82, 2.24) is 10.2 Å². The number of methoxy groups -OCH3 is 2. The second kappa shape index (κ2) is 7.52. The molecule has 1 aliphatic heterocycles. The highest BCUT2D eigenvalue weighted by Crippen LogP contribution is 2.41. The van der Waals surface area contributed by atoms with E-state index in [9.17, 15) is 5.11 Å². The number of piperazine rings is 1. The maximum Gasteiger partial charge on any atom is 0.131 e. The third kappa shape index (κ3) is 3.60. The Hall–Kier alpha value is -1.46. The summed E-state index contributed by atoms with van der Waals surface area (Å²) >= 11 is 0. The lowest BCUT2D eigenvalue weighted by atomic mass is 9.97. The number of ether oxygens (including phenoxy) is 2. The molecule has 2 rings (SSSR count). The summed E-state index contributed by atoms with van der Waals surface area (Å²) in [7, 11) is 3.23.